The van der Waals surface area contributed by atoms with Crippen molar-refractivity contribution >= 4 is 57.6 Å². The van der Waals surface area contributed by atoms with Crippen molar-refractivity contribution < 1.29 is 14.3 Å². The third-order valence-electron chi connectivity index (χ3n) is 3.59. The maximum atomic E-state index is 12.8. The highest BCUT2D eigenvalue weighted by molar-refractivity contribution is 8.27. The molecular weight excluding hydrogens is 378 g/mol. The third-order valence-corrected chi connectivity index (χ3v) is 5.12. The van der Waals surface area contributed by atoms with Crippen LogP contribution in [0.15, 0.2) is 47.4 Å². The van der Waals surface area contributed by atoms with E-state index in [0.29, 0.717) is 31.4 Å². The summed E-state index contributed by atoms with van der Waals surface area (Å²) in [5.41, 5.74) is 1.43. The van der Waals surface area contributed by atoms with Gasteiger partial charge in [0.2, 0.25) is 0 Å². The number of halogens is 1. The molecule has 0 N–H and O–H groups in total. The van der Waals surface area contributed by atoms with Gasteiger partial charge in [0, 0.05) is 16.7 Å². The lowest BCUT2D eigenvalue weighted by Crippen LogP contribution is -2.27. The quantitative estimate of drug-likeness (QED) is 0.554. The maximum Gasteiger partial charge on any atom is 0.270 e. The predicted molar refractivity (Wildman–Crippen MR) is 107 cm³/mol. The van der Waals surface area contributed by atoms with E-state index in [2.05, 4.69) is 0 Å². The van der Waals surface area contributed by atoms with Gasteiger partial charge in [0.25, 0.3) is 5.91 Å². The first-order valence-electron chi connectivity index (χ1n) is 7.29. The van der Waals surface area contributed by atoms with E-state index >= 15 is 0 Å². The molecule has 1 amide bonds. The fourth-order valence-electron chi connectivity index (χ4n) is 2.38. The van der Waals surface area contributed by atoms with Gasteiger partial charge in [-0.15, -0.1) is 0 Å². The molecule has 4 nitrogen and oxygen atoms in total. The Morgan fingerprint density at radius 1 is 1.16 bits per heavy atom. The lowest BCUT2D eigenvalue weighted by molar-refractivity contribution is -0.113. The molecule has 0 saturated carbocycles. The number of methoxy groups -OCH3 is 2. The second-order valence-electron chi connectivity index (χ2n) is 5.10. The number of carbonyl (C=O) groups is 1. The Kier molecular flexibility index (Phi) is 5.32. The Hall–Kier alpha value is -2.02. The van der Waals surface area contributed by atoms with Crippen molar-refractivity contribution in [3.63, 3.8) is 0 Å². The van der Waals surface area contributed by atoms with Gasteiger partial charge < -0.3 is 9.47 Å². The zero-order valence-corrected chi connectivity index (χ0v) is 15.9. The summed E-state index contributed by atoms with van der Waals surface area (Å²) in [6, 6.07) is 12.5. The molecule has 2 aromatic rings. The summed E-state index contributed by atoms with van der Waals surface area (Å²) in [6.45, 7) is 0. The SMILES string of the molecule is COc1ccc(/C=C2\SC(=S)N(c3cccc(Cl)c3)C2=O)c(OC)c1. The Bertz CT molecular complexity index is 882. The molecule has 25 heavy (non-hydrogen) atoms. The summed E-state index contributed by atoms with van der Waals surface area (Å²) in [5.74, 6) is 1.11. The molecule has 128 valence electrons. The molecule has 0 aromatic heterocycles. The minimum absolute atomic E-state index is 0.185. The van der Waals surface area contributed by atoms with Crippen molar-refractivity contribution in [2.75, 3.05) is 19.1 Å². The van der Waals surface area contributed by atoms with Crippen molar-refractivity contribution in [3.8, 4) is 11.5 Å². The first-order valence-corrected chi connectivity index (χ1v) is 8.89. The van der Waals surface area contributed by atoms with E-state index in [1.165, 1.54) is 16.7 Å². The van der Waals surface area contributed by atoms with Gasteiger partial charge in [0.1, 0.15) is 11.5 Å². The number of ether oxygens (including phenoxy) is 2. The van der Waals surface area contributed by atoms with Crippen LogP contribution in [0.25, 0.3) is 6.08 Å². The van der Waals surface area contributed by atoms with Gasteiger partial charge >= 0.3 is 0 Å². The van der Waals surface area contributed by atoms with Crippen LogP contribution in [0.4, 0.5) is 5.69 Å². The molecular formula is C18H14ClNO3S2. The minimum atomic E-state index is -0.185. The second-order valence-corrected chi connectivity index (χ2v) is 7.22. The number of rotatable bonds is 4. The molecule has 1 aliphatic heterocycles. The van der Waals surface area contributed by atoms with Crippen LogP contribution in [0.5, 0.6) is 11.5 Å². The van der Waals surface area contributed by atoms with Gasteiger partial charge in [-0.25, -0.2) is 0 Å². The standard InChI is InChI=1S/C18H14ClNO3S2/c1-22-14-7-6-11(15(10-14)23-2)8-16-17(21)20(18(24)25-16)13-5-3-4-12(19)9-13/h3-10H,1-2H3/b16-8-. The Morgan fingerprint density at radius 3 is 2.64 bits per heavy atom. The van der Waals surface area contributed by atoms with Crippen LogP contribution < -0.4 is 14.4 Å². The number of carbonyl (C=O) groups excluding carboxylic acids is 1. The van der Waals surface area contributed by atoms with E-state index in [1.807, 2.05) is 12.1 Å². The van der Waals surface area contributed by atoms with Gasteiger partial charge in [-0.05, 0) is 36.4 Å². The van der Waals surface area contributed by atoms with Crippen molar-refractivity contribution in [1.29, 1.82) is 0 Å². The Morgan fingerprint density at radius 2 is 1.96 bits per heavy atom. The molecule has 0 bridgehead atoms. The molecule has 0 spiro atoms. The molecule has 1 fully saturated rings. The lowest BCUT2D eigenvalue weighted by atomic mass is 10.1. The van der Waals surface area contributed by atoms with Gasteiger partial charge in [-0.3, -0.25) is 9.69 Å². The van der Waals surface area contributed by atoms with Gasteiger partial charge in [-0.2, -0.15) is 0 Å². The lowest BCUT2D eigenvalue weighted by Gasteiger charge is -2.14. The molecule has 7 heteroatoms. The molecule has 1 saturated heterocycles. The molecule has 0 radical (unpaired) electrons. The second kappa shape index (κ2) is 7.47. The van der Waals surface area contributed by atoms with E-state index in [9.17, 15) is 4.79 Å². The number of nitrogens with zero attached hydrogens (tertiary/aromatic N) is 1. The molecule has 0 atom stereocenters. The van der Waals surface area contributed by atoms with Crippen molar-refractivity contribution in [1.82, 2.24) is 0 Å². The summed E-state index contributed by atoms with van der Waals surface area (Å²) < 4.78 is 11.0. The van der Waals surface area contributed by atoms with E-state index in [0.717, 1.165) is 5.56 Å². The minimum Gasteiger partial charge on any atom is -0.497 e. The van der Waals surface area contributed by atoms with Crippen molar-refractivity contribution in [2.45, 2.75) is 0 Å². The Labute approximate surface area is 160 Å². The van der Waals surface area contributed by atoms with E-state index in [4.69, 9.17) is 33.3 Å². The number of thioether (sulfide) groups is 1. The normalized spacial score (nSPS) is 15.8. The molecule has 0 aliphatic carbocycles. The van der Waals surface area contributed by atoms with Gasteiger partial charge in [0.05, 0.1) is 24.8 Å². The summed E-state index contributed by atoms with van der Waals surface area (Å²) in [6.07, 6.45) is 1.77. The average molecular weight is 392 g/mol. The van der Waals surface area contributed by atoms with Crippen molar-refractivity contribution in [2.24, 2.45) is 0 Å². The topological polar surface area (TPSA) is 38.8 Å². The van der Waals surface area contributed by atoms with Gasteiger partial charge in [-0.1, -0.05) is 41.6 Å². The Balaban J connectivity index is 1.96. The van der Waals surface area contributed by atoms with Crippen LogP contribution in [0.2, 0.25) is 5.02 Å². The summed E-state index contributed by atoms with van der Waals surface area (Å²) >= 11 is 12.6. The number of anilines is 1. The number of thiocarbonyl (C=S) groups is 1. The number of hydrogen-bond acceptors (Lipinski definition) is 5. The highest BCUT2D eigenvalue weighted by Crippen LogP contribution is 2.38. The largest absolute Gasteiger partial charge is 0.497 e. The first kappa shape index (κ1) is 17.8. The number of amides is 1. The van der Waals surface area contributed by atoms with Crippen molar-refractivity contribution in [3.05, 3.63) is 58.0 Å². The van der Waals surface area contributed by atoms with Crippen LogP contribution in [0.3, 0.4) is 0 Å². The molecule has 1 aliphatic rings. The average Bonchev–Trinajstić information content (AvgIpc) is 2.88. The molecule has 2 aromatic carbocycles. The fourth-order valence-corrected chi connectivity index (χ4v) is 3.86. The van der Waals surface area contributed by atoms with Crippen LogP contribution in [0, 0.1) is 0 Å². The predicted octanol–water partition coefficient (Wildman–Crippen LogP) is 4.76. The summed E-state index contributed by atoms with van der Waals surface area (Å²) in [5, 5.41) is 0.548. The highest BCUT2D eigenvalue weighted by Gasteiger charge is 2.33. The zero-order valence-electron chi connectivity index (χ0n) is 13.5. The number of benzene rings is 2. The van der Waals surface area contributed by atoms with Crippen LogP contribution in [-0.2, 0) is 4.79 Å². The smallest absolute Gasteiger partial charge is 0.270 e. The summed E-state index contributed by atoms with van der Waals surface area (Å²) in [4.78, 5) is 14.8. The molecule has 3 rings (SSSR count). The van der Waals surface area contributed by atoms with E-state index in [-0.39, 0.29) is 5.91 Å². The fraction of sp³-hybridized carbons (Fsp3) is 0.111. The highest BCUT2D eigenvalue weighted by atomic mass is 35.5. The third kappa shape index (κ3) is 3.66. The molecule has 1 heterocycles. The van der Waals surface area contributed by atoms with Crippen LogP contribution in [-0.4, -0.2) is 24.4 Å². The first-order chi connectivity index (χ1) is 12.0. The van der Waals surface area contributed by atoms with E-state index < -0.39 is 0 Å². The van der Waals surface area contributed by atoms with E-state index in [1.54, 1.807) is 50.6 Å². The zero-order chi connectivity index (χ0) is 18.0. The number of hydrogen-bond donors (Lipinski definition) is 0. The molecule has 0 unspecified atom stereocenters. The van der Waals surface area contributed by atoms with Crippen LogP contribution in [0.1, 0.15) is 5.56 Å². The maximum absolute atomic E-state index is 12.8. The van der Waals surface area contributed by atoms with Gasteiger partial charge in [0.15, 0.2) is 4.32 Å². The monoisotopic (exact) mass is 391 g/mol. The van der Waals surface area contributed by atoms with Crippen LogP contribution >= 0.6 is 35.6 Å². The summed E-state index contributed by atoms with van der Waals surface area (Å²) in [7, 11) is 3.16.